The Balaban J connectivity index is 1.66. The largest absolute Gasteiger partial charge is 0.383 e. The predicted octanol–water partition coefficient (Wildman–Crippen LogP) is 3.79. The summed E-state index contributed by atoms with van der Waals surface area (Å²) in [6.07, 6.45) is 5.65. The SMILES string of the molecule is COCCN(CCOC)c1nn(C)cc1-c1cnc2ccc(Nc3cc(C(C)C)cnn3)nc2c1. The maximum absolute atomic E-state index is 5.31. The molecule has 0 saturated heterocycles. The molecule has 0 radical (unpaired) electrons. The summed E-state index contributed by atoms with van der Waals surface area (Å²) in [5.41, 5.74) is 4.61. The summed E-state index contributed by atoms with van der Waals surface area (Å²) in [5.74, 6) is 2.56. The number of anilines is 3. The van der Waals surface area contributed by atoms with Crippen molar-refractivity contribution in [3.05, 3.63) is 48.4 Å². The molecule has 0 saturated carbocycles. The van der Waals surface area contributed by atoms with Crippen molar-refractivity contribution in [1.82, 2.24) is 29.9 Å². The van der Waals surface area contributed by atoms with E-state index >= 15 is 0 Å². The quantitative estimate of drug-likeness (QED) is 0.346. The lowest BCUT2D eigenvalue weighted by atomic mass is 10.1. The highest BCUT2D eigenvalue weighted by atomic mass is 16.5. The molecule has 4 aromatic rings. The van der Waals surface area contributed by atoms with E-state index in [0.29, 0.717) is 43.9 Å². The van der Waals surface area contributed by atoms with Crippen molar-refractivity contribution >= 4 is 28.5 Å². The molecule has 4 aromatic heterocycles. The molecule has 10 nitrogen and oxygen atoms in total. The van der Waals surface area contributed by atoms with Crippen molar-refractivity contribution in [3.63, 3.8) is 0 Å². The normalized spacial score (nSPS) is 11.4. The topological polar surface area (TPSA) is 103 Å². The van der Waals surface area contributed by atoms with Gasteiger partial charge in [-0.05, 0) is 35.7 Å². The summed E-state index contributed by atoms with van der Waals surface area (Å²) in [6.45, 7) is 6.84. The van der Waals surface area contributed by atoms with Crippen molar-refractivity contribution in [2.24, 2.45) is 7.05 Å². The van der Waals surface area contributed by atoms with Crippen LogP contribution in [0, 0.1) is 0 Å². The van der Waals surface area contributed by atoms with Gasteiger partial charge in [0.1, 0.15) is 5.82 Å². The van der Waals surface area contributed by atoms with E-state index in [-0.39, 0.29) is 0 Å². The summed E-state index contributed by atoms with van der Waals surface area (Å²) in [7, 11) is 5.31. The number of fused-ring (bicyclic) bond motifs is 1. The number of nitrogens with zero attached hydrogens (tertiary/aromatic N) is 7. The molecule has 0 aliphatic rings. The number of nitrogens with one attached hydrogen (secondary N) is 1. The molecule has 0 spiro atoms. The number of hydrogen-bond donors (Lipinski definition) is 1. The van der Waals surface area contributed by atoms with Crippen LogP contribution in [0.2, 0.25) is 0 Å². The van der Waals surface area contributed by atoms with Crippen LogP contribution < -0.4 is 10.2 Å². The number of hydrogen-bond acceptors (Lipinski definition) is 9. The van der Waals surface area contributed by atoms with Crippen molar-refractivity contribution in [2.45, 2.75) is 19.8 Å². The first-order valence-corrected chi connectivity index (χ1v) is 11.6. The van der Waals surface area contributed by atoms with Crippen molar-refractivity contribution in [1.29, 1.82) is 0 Å². The average molecular weight is 477 g/mol. The lowest BCUT2D eigenvalue weighted by Crippen LogP contribution is -2.31. The Labute approximate surface area is 205 Å². The number of pyridine rings is 2. The monoisotopic (exact) mass is 476 g/mol. The van der Waals surface area contributed by atoms with Gasteiger partial charge in [0.2, 0.25) is 0 Å². The van der Waals surface area contributed by atoms with Gasteiger partial charge >= 0.3 is 0 Å². The maximum Gasteiger partial charge on any atom is 0.158 e. The van der Waals surface area contributed by atoms with Gasteiger partial charge in [-0.3, -0.25) is 9.67 Å². The molecule has 1 N–H and O–H groups in total. The van der Waals surface area contributed by atoms with E-state index in [1.807, 2.05) is 48.4 Å². The van der Waals surface area contributed by atoms with Gasteiger partial charge in [-0.15, -0.1) is 5.10 Å². The molecule has 0 unspecified atom stereocenters. The van der Waals surface area contributed by atoms with Crippen molar-refractivity contribution in [2.75, 3.05) is 50.7 Å². The Bertz CT molecular complexity index is 1270. The molecule has 0 aliphatic heterocycles. The Morgan fingerprint density at radius 3 is 2.49 bits per heavy atom. The van der Waals surface area contributed by atoms with Crippen molar-refractivity contribution in [3.8, 4) is 11.1 Å². The summed E-state index contributed by atoms with van der Waals surface area (Å²) < 4.78 is 12.4. The third kappa shape index (κ3) is 5.90. The number of aryl methyl sites for hydroxylation is 1. The third-order valence-corrected chi connectivity index (χ3v) is 5.69. The Kier molecular flexibility index (Phi) is 7.84. The van der Waals surface area contributed by atoms with Crippen LogP contribution in [0.3, 0.4) is 0 Å². The fourth-order valence-electron chi connectivity index (χ4n) is 3.75. The van der Waals surface area contributed by atoms with E-state index in [2.05, 4.69) is 39.2 Å². The fraction of sp³-hybridized carbons (Fsp3) is 0.400. The second-order valence-corrected chi connectivity index (χ2v) is 8.63. The number of rotatable bonds is 11. The molecule has 0 bridgehead atoms. The zero-order valence-corrected chi connectivity index (χ0v) is 20.9. The molecule has 0 amide bonds. The Morgan fingerprint density at radius 2 is 1.77 bits per heavy atom. The summed E-state index contributed by atoms with van der Waals surface area (Å²) in [4.78, 5) is 11.6. The van der Waals surface area contributed by atoms with Crippen LogP contribution in [0.1, 0.15) is 25.3 Å². The van der Waals surface area contributed by atoms with Crippen LogP contribution in [0.5, 0.6) is 0 Å². The molecule has 35 heavy (non-hydrogen) atoms. The predicted molar refractivity (Wildman–Crippen MR) is 137 cm³/mol. The Morgan fingerprint density at radius 1 is 1.00 bits per heavy atom. The van der Waals surface area contributed by atoms with Crippen LogP contribution in [-0.4, -0.2) is 70.5 Å². The van der Waals surface area contributed by atoms with Gasteiger partial charge in [-0.2, -0.15) is 10.2 Å². The van der Waals surface area contributed by atoms with Crippen LogP contribution >= 0.6 is 0 Å². The molecule has 0 atom stereocenters. The molecule has 0 aromatic carbocycles. The highest BCUT2D eigenvalue weighted by Gasteiger charge is 2.18. The van der Waals surface area contributed by atoms with Crippen LogP contribution in [0.25, 0.3) is 22.2 Å². The first-order valence-electron chi connectivity index (χ1n) is 11.6. The highest BCUT2D eigenvalue weighted by molar-refractivity contribution is 5.84. The van der Waals surface area contributed by atoms with E-state index in [1.54, 1.807) is 20.4 Å². The zero-order valence-electron chi connectivity index (χ0n) is 20.9. The molecule has 184 valence electrons. The lowest BCUT2D eigenvalue weighted by Gasteiger charge is -2.23. The lowest BCUT2D eigenvalue weighted by molar-refractivity contribution is 0.190. The van der Waals surface area contributed by atoms with Gasteiger partial charge in [0.15, 0.2) is 11.6 Å². The number of methoxy groups -OCH3 is 2. The molecule has 4 heterocycles. The smallest absolute Gasteiger partial charge is 0.158 e. The molecular weight excluding hydrogens is 444 g/mol. The van der Waals surface area contributed by atoms with Gasteiger partial charge in [0, 0.05) is 57.9 Å². The highest BCUT2D eigenvalue weighted by Crippen LogP contribution is 2.31. The van der Waals surface area contributed by atoms with Gasteiger partial charge in [0.25, 0.3) is 0 Å². The third-order valence-electron chi connectivity index (χ3n) is 5.69. The second kappa shape index (κ2) is 11.2. The summed E-state index contributed by atoms with van der Waals surface area (Å²) >= 11 is 0. The minimum atomic E-state index is 0.364. The maximum atomic E-state index is 5.31. The first-order chi connectivity index (χ1) is 17.0. The van der Waals surface area contributed by atoms with E-state index in [1.165, 1.54) is 0 Å². The average Bonchev–Trinajstić information content (AvgIpc) is 3.25. The number of aromatic nitrogens is 6. The van der Waals surface area contributed by atoms with Gasteiger partial charge in [-0.25, -0.2) is 4.98 Å². The molecular formula is C25H32N8O2. The van der Waals surface area contributed by atoms with Gasteiger partial charge in [-0.1, -0.05) is 13.8 Å². The van der Waals surface area contributed by atoms with E-state index in [4.69, 9.17) is 19.6 Å². The Hall–Kier alpha value is -3.63. The van der Waals surface area contributed by atoms with Gasteiger partial charge in [0.05, 0.1) is 30.4 Å². The molecule has 0 aliphatic carbocycles. The van der Waals surface area contributed by atoms with Gasteiger partial charge < -0.3 is 19.7 Å². The molecule has 0 fully saturated rings. The minimum absolute atomic E-state index is 0.364. The standard InChI is InChI=1S/C25H32N8O2/c1-17(2)18-13-24(30-27-15-18)29-23-7-6-21-22(28-23)12-19(14-26-21)20-16-32(3)31-25(20)33(8-10-34-4)9-11-35-5/h6-7,12-17H,8-11H2,1-5H3,(H,28,29,30). The second-order valence-electron chi connectivity index (χ2n) is 8.63. The van der Waals surface area contributed by atoms with E-state index < -0.39 is 0 Å². The molecule has 10 heteroatoms. The van der Waals surface area contributed by atoms with Crippen LogP contribution in [0.15, 0.2) is 42.9 Å². The summed E-state index contributed by atoms with van der Waals surface area (Å²) in [6, 6.07) is 7.87. The minimum Gasteiger partial charge on any atom is -0.383 e. The number of ether oxygens (including phenoxy) is 2. The van der Waals surface area contributed by atoms with E-state index in [0.717, 1.165) is 33.5 Å². The zero-order chi connectivity index (χ0) is 24.8. The summed E-state index contributed by atoms with van der Waals surface area (Å²) in [5, 5.41) is 16.3. The fourth-order valence-corrected chi connectivity index (χ4v) is 3.75. The molecule has 4 rings (SSSR count). The first kappa shape index (κ1) is 24.5. The van der Waals surface area contributed by atoms with Crippen LogP contribution in [0.4, 0.5) is 17.5 Å². The van der Waals surface area contributed by atoms with Crippen molar-refractivity contribution < 1.29 is 9.47 Å². The van der Waals surface area contributed by atoms with Crippen LogP contribution in [-0.2, 0) is 16.5 Å². The van der Waals surface area contributed by atoms with E-state index in [9.17, 15) is 0 Å².